The second-order valence-electron chi connectivity index (χ2n) is 4.51. The molecule has 7 nitrogen and oxygen atoms in total. The summed E-state index contributed by atoms with van der Waals surface area (Å²) in [5, 5.41) is 7.62. The van der Waals surface area contributed by atoms with Gasteiger partial charge in [-0.3, -0.25) is 4.79 Å². The summed E-state index contributed by atoms with van der Waals surface area (Å²) in [5.74, 6) is -0.269. The van der Waals surface area contributed by atoms with Crippen LogP contribution in [0.1, 0.15) is 21.6 Å². The highest BCUT2D eigenvalue weighted by Crippen LogP contribution is 2.23. The Bertz CT molecular complexity index is 749. The number of thiophene rings is 1. The Kier molecular flexibility index (Phi) is 3.11. The summed E-state index contributed by atoms with van der Waals surface area (Å²) in [7, 11) is -3.25. The lowest BCUT2D eigenvalue weighted by Gasteiger charge is -2.12. The molecule has 9 heteroatoms. The molecule has 0 fully saturated rings. The number of amides is 1. The van der Waals surface area contributed by atoms with Crippen molar-refractivity contribution in [2.75, 3.05) is 11.7 Å². The molecule has 0 radical (unpaired) electrons. The van der Waals surface area contributed by atoms with Crippen LogP contribution in [0, 0.1) is 0 Å². The summed E-state index contributed by atoms with van der Waals surface area (Å²) in [6.07, 6.45) is 2.75. The van der Waals surface area contributed by atoms with E-state index in [1.165, 1.54) is 26.7 Å². The van der Waals surface area contributed by atoms with E-state index in [9.17, 15) is 13.2 Å². The van der Waals surface area contributed by atoms with Crippen molar-refractivity contribution in [2.45, 2.75) is 13.1 Å². The molecule has 0 saturated heterocycles. The number of aromatic nitrogens is 2. The molecule has 0 unspecified atom stereocenters. The minimum absolute atomic E-state index is 0.220. The molecule has 1 N–H and O–H groups in total. The van der Waals surface area contributed by atoms with E-state index >= 15 is 0 Å². The number of rotatable bonds is 3. The van der Waals surface area contributed by atoms with Crippen LogP contribution in [0.2, 0.25) is 0 Å². The van der Waals surface area contributed by atoms with Crippen LogP contribution < -0.4 is 5.43 Å². The van der Waals surface area contributed by atoms with Crippen molar-refractivity contribution >= 4 is 27.3 Å². The lowest BCUT2D eigenvalue weighted by molar-refractivity contribution is 0.100. The maximum Gasteiger partial charge on any atom is 0.272 e. The first-order chi connectivity index (χ1) is 9.45. The number of carbonyl (C=O) groups is 1. The number of sulfonamides is 1. The van der Waals surface area contributed by atoms with Crippen LogP contribution >= 0.6 is 11.3 Å². The third-order valence-corrected chi connectivity index (χ3v) is 4.97. The zero-order chi connectivity index (χ0) is 14.3. The molecule has 3 heterocycles. The van der Waals surface area contributed by atoms with E-state index in [-0.39, 0.29) is 12.5 Å². The zero-order valence-corrected chi connectivity index (χ0v) is 12.2. The fraction of sp³-hybridized carbons (Fsp3) is 0.273. The molecule has 1 amide bonds. The molecule has 0 aliphatic carbocycles. The van der Waals surface area contributed by atoms with Gasteiger partial charge in [-0.1, -0.05) is 0 Å². The van der Waals surface area contributed by atoms with Crippen molar-refractivity contribution in [1.29, 1.82) is 0 Å². The Morgan fingerprint density at radius 1 is 1.45 bits per heavy atom. The molecule has 3 rings (SSSR count). The van der Waals surface area contributed by atoms with Gasteiger partial charge in [0.25, 0.3) is 5.91 Å². The van der Waals surface area contributed by atoms with Gasteiger partial charge >= 0.3 is 0 Å². The Balaban J connectivity index is 1.81. The Hall–Kier alpha value is -1.71. The Morgan fingerprint density at radius 2 is 2.25 bits per heavy atom. The fourth-order valence-electron chi connectivity index (χ4n) is 2.01. The summed E-state index contributed by atoms with van der Waals surface area (Å²) in [5.41, 5.74) is 4.70. The van der Waals surface area contributed by atoms with E-state index in [4.69, 9.17) is 0 Å². The van der Waals surface area contributed by atoms with Gasteiger partial charge in [0.2, 0.25) is 10.0 Å². The van der Waals surface area contributed by atoms with Crippen molar-refractivity contribution in [3.05, 3.63) is 39.8 Å². The molecule has 2 aromatic heterocycles. The van der Waals surface area contributed by atoms with E-state index < -0.39 is 10.0 Å². The molecule has 2 aromatic rings. The quantitative estimate of drug-likeness (QED) is 0.899. The van der Waals surface area contributed by atoms with Crippen LogP contribution in [0.5, 0.6) is 0 Å². The van der Waals surface area contributed by atoms with Gasteiger partial charge in [0.15, 0.2) is 0 Å². The molecule has 0 aromatic carbocycles. The van der Waals surface area contributed by atoms with Crippen molar-refractivity contribution in [1.82, 2.24) is 14.2 Å². The van der Waals surface area contributed by atoms with Crippen LogP contribution in [-0.4, -0.2) is 34.8 Å². The van der Waals surface area contributed by atoms with Crippen LogP contribution in [-0.2, 0) is 23.1 Å². The summed E-state index contributed by atoms with van der Waals surface area (Å²) in [6, 6.07) is 1.71. The highest BCUT2D eigenvalue weighted by atomic mass is 32.2. The first-order valence-corrected chi connectivity index (χ1v) is 8.59. The predicted molar refractivity (Wildman–Crippen MR) is 74.3 cm³/mol. The van der Waals surface area contributed by atoms with E-state index in [1.54, 1.807) is 17.6 Å². The highest BCUT2D eigenvalue weighted by Gasteiger charge is 2.29. The summed E-state index contributed by atoms with van der Waals surface area (Å²) >= 11 is 1.43. The molecule has 0 atom stereocenters. The molecule has 0 saturated carbocycles. The van der Waals surface area contributed by atoms with Gasteiger partial charge in [-0.05, 0) is 11.4 Å². The number of hydrogen-bond donors (Lipinski definition) is 1. The van der Waals surface area contributed by atoms with Gasteiger partial charge in [-0.15, -0.1) is 0 Å². The highest BCUT2D eigenvalue weighted by molar-refractivity contribution is 7.88. The molecule has 0 bridgehead atoms. The largest absolute Gasteiger partial charge is 0.272 e. The van der Waals surface area contributed by atoms with E-state index in [2.05, 4.69) is 10.5 Å². The zero-order valence-electron chi connectivity index (χ0n) is 10.6. The molecule has 1 aliphatic heterocycles. The molecule has 0 spiro atoms. The number of fused-ring (bicyclic) bond motifs is 1. The number of nitrogens with one attached hydrogen (secondary N) is 1. The molecule has 20 heavy (non-hydrogen) atoms. The van der Waals surface area contributed by atoms with Gasteiger partial charge in [-0.2, -0.15) is 25.5 Å². The fourth-order valence-corrected chi connectivity index (χ4v) is 3.37. The standard InChI is InChI=1S/C11H12N4O3S2/c1-20(17,18)14-5-9-4-12-15(10(9)6-14)13-11(16)8-2-3-19-7-8/h2-4,7H,5-6H2,1H3,(H,13,16). The monoisotopic (exact) mass is 312 g/mol. The van der Waals surface area contributed by atoms with Gasteiger partial charge < -0.3 is 0 Å². The third-order valence-electron chi connectivity index (χ3n) is 3.09. The van der Waals surface area contributed by atoms with Crippen LogP contribution in [0.25, 0.3) is 0 Å². The smallest absolute Gasteiger partial charge is 0.267 e. The van der Waals surface area contributed by atoms with Crippen LogP contribution in [0.15, 0.2) is 23.0 Å². The second-order valence-corrected chi connectivity index (χ2v) is 7.27. The average molecular weight is 312 g/mol. The third kappa shape index (κ3) is 2.35. The molecule has 1 aliphatic rings. The van der Waals surface area contributed by atoms with Crippen molar-refractivity contribution < 1.29 is 13.2 Å². The predicted octanol–water partition coefficient (Wildman–Crippen LogP) is 0.604. The first-order valence-electron chi connectivity index (χ1n) is 5.79. The topological polar surface area (TPSA) is 84.3 Å². The van der Waals surface area contributed by atoms with Crippen LogP contribution in [0.3, 0.4) is 0 Å². The Morgan fingerprint density at radius 3 is 2.90 bits per heavy atom. The summed E-state index contributed by atoms with van der Waals surface area (Å²) in [6.45, 7) is 0.514. The van der Waals surface area contributed by atoms with Crippen LogP contribution in [0.4, 0.5) is 0 Å². The van der Waals surface area contributed by atoms with Crippen molar-refractivity contribution in [3.8, 4) is 0 Å². The number of carbonyl (C=O) groups excluding carboxylic acids is 1. The van der Waals surface area contributed by atoms with E-state index in [0.717, 1.165) is 5.56 Å². The first kappa shape index (κ1) is 13.3. The minimum atomic E-state index is -3.25. The lowest BCUT2D eigenvalue weighted by atomic mass is 10.3. The summed E-state index contributed by atoms with van der Waals surface area (Å²) in [4.78, 5) is 13.3. The van der Waals surface area contributed by atoms with Gasteiger partial charge in [0, 0.05) is 17.5 Å². The SMILES string of the molecule is CS(=O)(=O)N1Cc2cnn(NC(=O)c3ccsc3)c2C1. The maximum absolute atomic E-state index is 12.0. The van der Waals surface area contributed by atoms with E-state index in [1.807, 2.05) is 5.38 Å². The van der Waals surface area contributed by atoms with Crippen molar-refractivity contribution in [2.24, 2.45) is 0 Å². The Labute approximate surface area is 119 Å². The van der Waals surface area contributed by atoms with Gasteiger partial charge in [-0.25, -0.2) is 13.8 Å². The number of nitrogens with zero attached hydrogens (tertiary/aromatic N) is 3. The minimum Gasteiger partial charge on any atom is -0.267 e. The second kappa shape index (κ2) is 4.69. The normalized spacial score (nSPS) is 15.2. The summed E-state index contributed by atoms with van der Waals surface area (Å²) < 4.78 is 24.4. The van der Waals surface area contributed by atoms with E-state index in [0.29, 0.717) is 17.8 Å². The maximum atomic E-state index is 12.0. The van der Waals surface area contributed by atoms with Gasteiger partial charge in [0.05, 0.1) is 30.3 Å². The molecular weight excluding hydrogens is 300 g/mol. The lowest BCUT2D eigenvalue weighted by Crippen LogP contribution is -2.28. The van der Waals surface area contributed by atoms with Gasteiger partial charge in [0.1, 0.15) is 0 Å². The number of hydrogen-bond acceptors (Lipinski definition) is 5. The molecule has 106 valence electrons. The molecular formula is C11H12N4O3S2. The average Bonchev–Trinajstić information content (AvgIpc) is 3.03. The van der Waals surface area contributed by atoms with Crippen molar-refractivity contribution in [3.63, 3.8) is 0 Å².